The summed E-state index contributed by atoms with van der Waals surface area (Å²) in [6.45, 7) is 8.30. The van der Waals surface area contributed by atoms with Crippen molar-refractivity contribution in [1.29, 1.82) is 0 Å². The fourth-order valence-electron chi connectivity index (χ4n) is 7.13. The van der Waals surface area contributed by atoms with Gasteiger partial charge in [-0.25, -0.2) is 0 Å². The number of fused-ring (bicyclic) bond motifs is 3. The summed E-state index contributed by atoms with van der Waals surface area (Å²) in [6.07, 6.45) is 28.3. The average Bonchev–Trinajstić information content (AvgIpc) is 3.27. The summed E-state index contributed by atoms with van der Waals surface area (Å²) in [7, 11) is 0. The zero-order valence-corrected chi connectivity index (χ0v) is 28.7. The fraction of sp³-hybridized carbons (Fsp3) is 0.500. The maximum absolute atomic E-state index is 10.8. The molecule has 248 valence electrons. The molecular weight excluding hydrogens is 566 g/mol. The van der Waals surface area contributed by atoms with Gasteiger partial charge in [0.05, 0.1) is 0 Å². The summed E-state index contributed by atoms with van der Waals surface area (Å²) in [4.78, 5) is 13.4. The van der Waals surface area contributed by atoms with Gasteiger partial charge >= 0.3 is 0 Å². The molecule has 0 fully saturated rings. The zero-order valence-electron chi connectivity index (χ0n) is 28.7. The molecule has 0 amide bonds. The van der Waals surface area contributed by atoms with E-state index < -0.39 is 0 Å². The van der Waals surface area contributed by atoms with Gasteiger partial charge in [0.25, 0.3) is 6.47 Å². The van der Waals surface area contributed by atoms with Crippen LogP contribution in [0.4, 0.5) is 5.69 Å². The Labute approximate surface area is 278 Å². The Hall–Kier alpha value is -3.53. The lowest BCUT2D eigenvalue weighted by atomic mass is 9.81. The molecule has 4 heteroatoms. The van der Waals surface area contributed by atoms with Gasteiger partial charge in [-0.3, -0.25) is 4.79 Å². The van der Waals surface area contributed by atoms with Crippen LogP contribution in [0.15, 0.2) is 72.4 Å². The van der Waals surface area contributed by atoms with Gasteiger partial charge in [-0.1, -0.05) is 166 Å². The summed E-state index contributed by atoms with van der Waals surface area (Å²) >= 11 is 0. The molecule has 4 rings (SSSR count). The number of carbonyl (C=O) groups excluding carboxylic acids is 1. The lowest BCUT2D eigenvalue weighted by Gasteiger charge is -2.27. The molecular formula is C42H57NO3. The highest BCUT2D eigenvalue weighted by Gasteiger charge is 2.40. The number of phenolic OH excluding ortho intramolecular Hbond substituents is 1. The number of carbonyl (C=O) groups is 1. The lowest BCUT2D eigenvalue weighted by molar-refractivity contribution is -0.120. The number of unbranched alkanes of at least 4 members (excludes halogenated alkanes) is 15. The van der Waals surface area contributed by atoms with Crippen molar-refractivity contribution in [3.05, 3.63) is 83.6 Å². The van der Waals surface area contributed by atoms with Crippen LogP contribution in [0.2, 0.25) is 0 Å². The van der Waals surface area contributed by atoms with E-state index in [1.807, 2.05) is 12.1 Å². The summed E-state index contributed by atoms with van der Waals surface area (Å²) in [5, 5.41) is 12.6. The first kappa shape index (κ1) is 35.3. The monoisotopic (exact) mass is 623 g/mol. The Morgan fingerprint density at radius 3 is 2.00 bits per heavy atom. The van der Waals surface area contributed by atoms with E-state index in [4.69, 9.17) is 4.74 Å². The quantitative estimate of drug-likeness (QED) is 0.0947. The number of allylic oxidation sites excluding steroid dienone is 3. The summed E-state index contributed by atoms with van der Waals surface area (Å²) in [5.74, 6) is 0.113. The van der Waals surface area contributed by atoms with Crippen LogP contribution in [0.25, 0.3) is 16.8 Å². The maximum atomic E-state index is 10.8. The number of ether oxygens (including phenoxy) is 1. The minimum atomic E-state index is -0.156. The van der Waals surface area contributed by atoms with E-state index in [-0.39, 0.29) is 16.9 Å². The van der Waals surface area contributed by atoms with Crippen molar-refractivity contribution < 1.29 is 14.6 Å². The first-order chi connectivity index (χ1) is 22.5. The molecule has 0 atom stereocenters. The molecule has 1 heterocycles. The van der Waals surface area contributed by atoms with Crippen LogP contribution in [-0.4, -0.2) is 18.1 Å². The molecule has 0 saturated carbocycles. The first-order valence-corrected chi connectivity index (χ1v) is 18.1. The minimum absolute atomic E-state index is 0.0492. The van der Waals surface area contributed by atoms with Gasteiger partial charge < -0.3 is 14.7 Å². The van der Waals surface area contributed by atoms with Crippen LogP contribution in [0, 0.1) is 0 Å². The molecule has 1 aliphatic rings. The van der Waals surface area contributed by atoms with Gasteiger partial charge in [-0.2, -0.15) is 0 Å². The van der Waals surface area contributed by atoms with Crippen molar-refractivity contribution in [3.8, 4) is 11.5 Å². The molecule has 4 nitrogen and oxygen atoms in total. The molecule has 1 aliphatic heterocycles. The van der Waals surface area contributed by atoms with E-state index in [0.717, 1.165) is 12.1 Å². The number of benzene rings is 3. The highest BCUT2D eigenvalue weighted by molar-refractivity contribution is 5.94. The molecule has 0 spiro atoms. The Balaban J connectivity index is 1.30. The van der Waals surface area contributed by atoms with Crippen molar-refractivity contribution in [1.82, 2.24) is 0 Å². The van der Waals surface area contributed by atoms with E-state index in [1.54, 1.807) is 12.1 Å². The number of phenols is 1. The number of anilines is 1. The van der Waals surface area contributed by atoms with Crippen molar-refractivity contribution in [2.45, 2.75) is 129 Å². The highest BCUT2D eigenvalue weighted by Crippen LogP contribution is 2.50. The van der Waals surface area contributed by atoms with Gasteiger partial charge in [-0.15, -0.1) is 0 Å². The predicted octanol–water partition coefficient (Wildman–Crippen LogP) is 12.0. The van der Waals surface area contributed by atoms with Gasteiger partial charge in [0, 0.05) is 23.3 Å². The molecule has 0 radical (unpaired) electrons. The third-order valence-electron chi connectivity index (χ3n) is 9.69. The van der Waals surface area contributed by atoms with Crippen LogP contribution >= 0.6 is 0 Å². The highest BCUT2D eigenvalue weighted by atomic mass is 16.5. The normalized spacial score (nSPS) is 14.8. The van der Waals surface area contributed by atoms with Crippen molar-refractivity contribution in [3.63, 3.8) is 0 Å². The third kappa shape index (κ3) is 9.74. The number of hydrogen-bond donors (Lipinski definition) is 1. The average molecular weight is 624 g/mol. The van der Waals surface area contributed by atoms with Crippen LogP contribution in [-0.2, 0) is 10.2 Å². The predicted molar refractivity (Wildman–Crippen MR) is 196 cm³/mol. The molecule has 0 bridgehead atoms. The van der Waals surface area contributed by atoms with Gasteiger partial charge in [0.15, 0.2) is 11.5 Å². The van der Waals surface area contributed by atoms with E-state index in [0.29, 0.717) is 6.47 Å². The minimum Gasteiger partial charge on any atom is -0.504 e. The Morgan fingerprint density at radius 2 is 1.37 bits per heavy atom. The van der Waals surface area contributed by atoms with E-state index in [2.05, 4.69) is 74.2 Å². The Bertz CT molecular complexity index is 1440. The molecule has 0 aromatic heterocycles. The smallest absolute Gasteiger partial charge is 0.298 e. The maximum Gasteiger partial charge on any atom is 0.298 e. The van der Waals surface area contributed by atoms with Crippen LogP contribution < -0.4 is 9.64 Å². The standard InChI is InChI=1S/C42H57NO3/c1-4-5-6-7-8-9-10-11-12-13-14-15-16-17-18-21-31-43-37-29-28-35-24-19-20-25-36(35)41(37)42(2,3)40(43)26-22-23-34-27-30-38(45)39(32-34)46-33-44/h19-20,22-30,32-33,45H,4-18,21,31H2,1-3H3/b23-22+,40-26+. The van der Waals surface area contributed by atoms with Gasteiger partial charge in [-0.05, 0) is 52.6 Å². The number of hydrogen-bond acceptors (Lipinski definition) is 4. The second kappa shape index (κ2) is 18.6. The Morgan fingerprint density at radius 1 is 0.761 bits per heavy atom. The SMILES string of the molecule is CCCCCCCCCCCCCCCCCCN1/C(=C/C=C/c2ccc(O)c(OC=O)c2)C(C)(C)c2c1ccc1ccccc21. The van der Waals surface area contributed by atoms with Crippen LogP contribution in [0.3, 0.4) is 0 Å². The molecule has 3 aromatic carbocycles. The van der Waals surface area contributed by atoms with Crippen molar-refractivity contribution in [2.24, 2.45) is 0 Å². The molecule has 3 aromatic rings. The molecule has 0 saturated heterocycles. The van der Waals surface area contributed by atoms with Crippen molar-refractivity contribution >= 4 is 29.0 Å². The lowest BCUT2D eigenvalue weighted by Crippen LogP contribution is -2.27. The third-order valence-corrected chi connectivity index (χ3v) is 9.69. The summed E-state index contributed by atoms with van der Waals surface area (Å²) < 4.78 is 4.92. The second-order valence-corrected chi connectivity index (χ2v) is 13.6. The van der Waals surface area contributed by atoms with Crippen molar-refractivity contribution in [2.75, 3.05) is 11.4 Å². The zero-order chi connectivity index (χ0) is 32.6. The molecule has 0 unspecified atom stereocenters. The van der Waals surface area contributed by atoms with Crippen LogP contribution in [0.1, 0.15) is 135 Å². The number of nitrogens with zero attached hydrogens (tertiary/aromatic N) is 1. The number of aromatic hydroxyl groups is 1. The number of rotatable bonds is 21. The van der Waals surface area contributed by atoms with Gasteiger partial charge in [0.1, 0.15) is 0 Å². The first-order valence-electron chi connectivity index (χ1n) is 18.1. The molecule has 46 heavy (non-hydrogen) atoms. The van der Waals surface area contributed by atoms with E-state index >= 15 is 0 Å². The Kier molecular flexibility index (Phi) is 14.3. The fourth-order valence-corrected chi connectivity index (χ4v) is 7.13. The second-order valence-electron chi connectivity index (χ2n) is 13.6. The van der Waals surface area contributed by atoms with Gasteiger partial charge in [0.2, 0.25) is 0 Å². The molecule has 1 N–H and O–H groups in total. The molecule has 0 aliphatic carbocycles. The van der Waals surface area contributed by atoms with E-state index in [1.165, 1.54) is 130 Å². The van der Waals surface area contributed by atoms with E-state index in [9.17, 15) is 9.90 Å². The summed E-state index contributed by atoms with van der Waals surface area (Å²) in [5.41, 5.74) is 4.70. The topological polar surface area (TPSA) is 49.8 Å². The van der Waals surface area contributed by atoms with Crippen LogP contribution in [0.5, 0.6) is 11.5 Å². The summed E-state index contributed by atoms with van der Waals surface area (Å²) in [6, 6.07) is 18.3. The largest absolute Gasteiger partial charge is 0.504 e.